The summed E-state index contributed by atoms with van der Waals surface area (Å²) >= 11 is 7.76. The molecule has 0 bridgehead atoms. The fourth-order valence-electron chi connectivity index (χ4n) is 2.52. The van der Waals surface area contributed by atoms with E-state index >= 15 is 0 Å². The van der Waals surface area contributed by atoms with Gasteiger partial charge in [0, 0.05) is 29.5 Å². The summed E-state index contributed by atoms with van der Waals surface area (Å²) in [6.45, 7) is 2.70. The van der Waals surface area contributed by atoms with Crippen LogP contribution >= 0.6 is 23.4 Å². The number of nitrogens with one attached hydrogen (secondary N) is 1. The first-order chi connectivity index (χ1) is 12.1. The SMILES string of the molecule is COc1ccc(CCC(=O)NCCSCc2cccc(Cl)c2)cc1C. The van der Waals surface area contributed by atoms with E-state index < -0.39 is 0 Å². The smallest absolute Gasteiger partial charge is 0.220 e. The third kappa shape index (κ3) is 7.00. The van der Waals surface area contributed by atoms with Crippen LogP contribution < -0.4 is 10.1 Å². The summed E-state index contributed by atoms with van der Waals surface area (Å²) in [5, 5.41) is 3.74. The fraction of sp³-hybridized carbons (Fsp3) is 0.350. The van der Waals surface area contributed by atoms with Gasteiger partial charge in [0.2, 0.25) is 5.91 Å². The van der Waals surface area contributed by atoms with Crippen molar-refractivity contribution in [3.63, 3.8) is 0 Å². The Morgan fingerprint density at radius 3 is 2.76 bits per heavy atom. The lowest BCUT2D eigenvalue weighted by atomic mass is 10.1. The van der Waals surface area contributed by atoms with Crippen LogP contribution in [0.15, 0.2) is 42.5 Å². The highest BCUT2D eigenvalue weighted by molar-refractivity contribution is 7.98. The van der Waals surface area contributed by atoms with E-state index in [0.717, 1.165) is 39.8 Å². The lowest BCUT2D eigenvalue weighted by Crippen LogP contribution is -2.25. The van der Waals surface area contributed by atoms with E-state index in [1.165, 1.54) is 5.56 Å². The highest BCUT2D eigenvalue weighted by atomic mass is 35.5. The molecule has 3 nitrogen and oxygen atoms in total. The molecule has 0 aliphatic rings. The van der Waals surface area contributed by atoms with Crippen molar-refractivity contribution in [2.75, 3.05) is 19.4 Å². The molecule has 2 rings (SSSR count). The maximum Gasteiger partial charge on any atom is 0.220 e. The third-order valence-corrected chi connectivity index (χ3v) is 5.09. The average Bonchev–Trinajstić information content (AvgIpc) is 2.60. The maximum absolute atomic E-state index is 11.9. The number of halogens is 1. The van der Waals surface area contributed by atoms with Gasteiger partial charge in [0.05, 0.1) is 7.11 Å². The van der Waals surface area contributed by atoms with Crippen LogP contribution in [0.2, 0.25) is 5.02 Å². The Labute approximate surface area is 159 Å². The van der Waals surface area contributed by atoms with Gasteiger partial charge in [0.25, 0.3) is 0 Å². The molecule has 0 unspecified atom stereocenters. The average molecular weight is 378 g/mol. The van der Waals surface area contributed by atoms with Crippen LogP contribution in [0, 0.1) is 6.92 Å². The molecule has 0 saturated carbocycles. The predicted octanol–water partition coefficient (Wildman–Crippen LogP) is 4.64. The second-order valence-corrected chi connectivity index (χ2v) is 7.38. The predicted molar refractivity (Wildman–Crippen MR) is 107 cm³/mol. The van der Waals surface area contributed by atoms with E-state index in [-0.39, 0.29) is 5.91 Å². The molecule has 0 heterocycles. The molecule has 1 N–H and O–H groups in total. The van der Waals surface area contributed by atoms with Crippen LogP contribution in [0.5, 0.6) is 5.75 Å². The Balaban J connectivity index is 1.61. The Hall–Kier alpha value is -1.65. The van der Waals surface area contributed by atoms with Gasteiger partial charge in [-0.1, -0.05) is 35.9 Å². The maximum atomic E-state index is 11.9. The Kier molecular flexibility index (Phi) is 8.16. The number of hydrogen-bond donors (Lipinski definition) is 1. The van der Waals surface area contributed by atoms with Crippen molar-refractivity contribution >= 4 is 29.3 Å². The molecular weight excluding hydrogens is 354 g/mol. The van der Waals surface area contributed by atoms with Gasteiger partial charge in [-0.05, 0) is 48.2 Å². The van der Waals surface area contributed by atoms with Gasteiger partial charge in [-0.3, -0.25) is 4.79 Å². The monoisotopic (exact) mass is 377 g/mol. The Morgan fingerprint density at radius 2 is 2.04 bits per heavy atom. The van der Waals surface area contributed by atoms with Gasteiger partial charge < -0.3 is 10.1 Å². The van der Waals surface area contributed by atoms with Gasteiger partial charge in [0.1, 0.15) is 5.75 Å². The van der Waals surface area contributed by atoms with Gasteiger partial charge >= 0.3 is 0 Å². The molecule has 1 amide bonds. The number of carbonyl (C=O) groups is 1. The molecule has 5 heteroatoms. The number of rotatable bonds is 9. The lowest BCUT2D eigenvalue weighted by molar-refractivity contribution is -0.120. The summed E-state index contributed by atoms with van der Waals surface area (Å²) in [5.41, 5.74) is 3.46. The van der Waals surface area contributed by atoms with Crippen molar-refractivity contribution in [3.8, 4) is 5.75 Å². The Bertz CT molecular complexity index is 706. The zero-order valence-corrected chi connectivity index (χ0v) is 16.3. The van der Waals surface area contributed by atoms with Crippen molar-refractivity contribution in [1.29, 1.82) is 0 Å². The zero-order valence-electron chi connectivity index (χ0n) is 14.7. The third-order valence-electron chi connectivity index (χ3n) is 3.83. The number of hydrogen-bond acceptors (Lipinski definition) is 3. The zero-order chi connectivity index (χ0) is 18.1. The quantitative estimate of drug-likeness (QED) is 0.647. The molecular formula is C20H24ClNO2S. The number of thioether (sulfide) groups is 1. The highest BCUT2D eigenvalue weighted by Gasteiger charge is 2.04. The molecule has 0 aromatic heterocycles. The minimum atomic E-state index is 0.0943. The van der Waals surface area contributed by atoms with Gasteiger partial charge in [-0.25, -0.2) is 0 Å². The Morgan fingerprint density at radius 1 is 1.20 bits per heavy atom. The molecule has 0 aliphatic carbocycles. The molecule has 0 aliphatic heterocycles. The topological polar surface area (TPSA) is 38.3 Å². The molecule has 0 radical (unpaired) electrons. The van der Waals surface area contributed by atoms with Crippen LogP contribution in [0.3, 0.4) is 0 Å². The summed E-state index contributed by atoms with van der Waals surface area (Å²) in [6.07, 6.45) is 1.25. The number of benzene rings is 2. The number of amides is 1. The van der Waals surface area contributed by atoms with Crippen molar-refractivity contribution in [2.45, 2.75) is 25.5 Å². The van der Waals surface area contributed by atoms with E-state index in [9.17, 15) is 4.79 Å². The summed E-state index contributed by atoms with van der Waals surface area (Å²) in [6, 6.07) is 13.9. The molecule has 0 spiro atoms. The van der Waals surface area contributed by atoms with Crippen molar-refractivity contribution in [1.82, 2.24) is 5.32 Å². The summed E-state index contributed by atoms with van der Waals surface area (Å²) in [5.74, 6) is 2.77. The minimum absolute atomic E-state index is 0.0943. The van der Waals surface area contributed by atoms with Crippen molar-refractivity contribution < 1.29 is 9.53 Å². The number of aryl methyl sites for hydroxylation is 2. The van der Waals surface area contributed by atoms with Gasteiger partial charge in [-0.15, -0.1) is 0 Å². The van der Waals surface area contributed by atoms with Crippen LogP contribution in [0.25, 0.3) is 0 Å². The summed E-state index contributed by atoms with van der Waals surface area (Å²) in [4.78, 5) is 11.9. The normalized spacial score (nSPS) is 10.5. The molecule has 0 fully saturated rings. The van der Waals surface area contributed by atoms with Crippen LogP contribution in [-0.2, 0) is 17.0 Å². The van der Waals surface area contributed by atoms with Crippen LogP contribution in [0.1, 0.15) is 23.1 Å². The second kappa shape index (κ2) is 10.4. The van der Waals surface area contributed by atoms with E-state index in [1.54, 1.807) is 18.9 Å². The lowest BCUT2D eigenvalue weighted by Gasteiger charge is -2.08. The molecule has 2 aromatic carbocycles. The van der Waals surface area contributed by atoms with Gasteiger partial charge in [-0.2, -0.15) is 11.8 Å². The molecule has 134 valence electrons. The fourth-order valence-corrected chi connectivity index (χ4v) is 3.54. The second-order valence-electron chi connectivity index (χ2n) is 5.84. The number of ether oxygens (including phenoxy) is 1. The largest absolute Gasteiger partial charge is 0.496 e. The van der Waals surface area contributed by atoms with E-state index in [2.05, 4.69) is 17.4 Å². The molecule has 25 heavy (non-hydrogen) atoms. The standard InChI is InChI=1S/C20H24ClNO2S/c1-15-12-16(6-8-19(15)24-2)7-9-20(23)22-10-11-25-14-17-4-3-5-18(21)13-17/h3-6,8,12-13H,7,9-11,14H2,1-2H3,(H,22,23). The first kappa shape index (κ1) is 19.7. The summed E-state index contributed by atoms with van der Waals surface area (Å²) in [7, 11) is 1.67. The van der Waals surface area contributed by atoms with E-state index in [0.29, 0.717) is 13.0 Å². The number of methoxy groups -OCH3 is 1. The van der Waals surface area contributed by atoms with Crippen LogP contribution in [0.4, 0.5) is 0 Å². The number of carbonyl (C=O) groups excluding carboxylic acids is 1. The van der Waals surface area contributed by atoms with E-state index in [4.69, 9.17) is 16.3 Å². The molecule has 0 saturated heterocycles. The van der Waals surface area contributed by atoms with E-state index in [1.807, 2.05) is 37.3 Å². The minimum Gasteiger partial charge on any atom is -0.496 e. The molecule has 2 aromatic rings. The van der Waals surface area contributed by atoms with Crippen molar-refractivity contribution in [2.24, 2.45) is 0 Å². The van der Waals surface area contributed by atoms with Crippen LogP contribution in [-0.4, -0.2) is 25.3 Å². The summed E-state index contributed by atoms with van der Waals surface area (Å²) < 4.78 is 5.25. The highest BCUT2D eigenvalue weighted by Crippen LogP contribution is 2.19. The van der Waals surface area contributed by atoms with Gasteiger partial charge in [0.15, 0.2) is 0 Å². The first-order valence-electron chi connectivity index (χ1n) is 8.31. The van der Waals surface area contributed by atoms with Crippen molar-refractivity contribution in [3.05, 3.63) is 64.2 Å². The first-order valence-corrected chi connectivity index (χ1v) is 9.84. The molecule has 0 atom stereocenters.